The lowest BCUT2D eigenvalue weighted by Gasteiger charge is -2.23. The van der Waals surface area contributed by atoms with Gasteiger partial charge in [0.15, 0.2) is 0 Å². The molecule has 0 aromatic carbocycles. The van der Waals surface area contributed by atoms with E-state index in [1.54, 1.807) is 0 Å². The highest BCUT2D eigenvalue weighted by molar-refractivity contribution is 5.84. The topological polar surface area (TPSA) is 32.3 Å². The summed E-state index contributed by atoms with van der Waals surface area (Å²) in [5, 5.41) is 3.12. The van der Waals surface area contributed by atoms with Gasteiger partial charge < -0.3 is 4.90 Å². The summed E-state index contributed by atoms with van der Waals surface area (Å²) in [6.45, 7) is 5.61. The van der Waals surface area contributed by atoms with Gasteiger partial charge in [-0.3, -0.25) is 10.1 Å². The first-order valence-corrected chi connectivity index (χ1v) is 6.38. The number of hydrogen-bond donors (Lipinski definition) is 1. The van der Waals surface area contributed by atoms with Crippen LogP contribution in [0, 0.1) is 5.92 Å². The number of halogens is 3. The lowest BCUT2D eigenvalue weighted by Crippen LogP contribution is -2.38. The van der Waals surface area contributed by atoms with E-state index in [2.05, 4.69) is 5.32 Å². The molecule has 0 aliphatic carbocycles. The number of carbonyl (C=O) groups excluding carboxylic acids is 1. The molecule has 2 atom stereocenters. The molecule has 2 unspecified atom stereocenters. The lowest BCUT2D eigenvalue weighted by atomic mass is 10.0. The first-order chi connectivity index (χ1) is 8.24. The van der Waals surface area contributed by atoms with Gasteiger partial charge in [-0.05, 0) is 18.8 Å². The summed E-state index contributed by atoms with van der Waals surface area (Å²) in [7, 11) is 0. The van der Waals surface area contributed by atoms with Gasteiger partial charge in [0.05, 0.1) is 18.6 Å². The Labute approximate surface area is 106 Å². The molecular weight excluding hydrogens is 245 g/mol. The van der Waals surface area contributed by atoms with Crippen molar-refractivity contribution in [1.82, 2.24) is 10.2 Å². The maximum atomic E-state index is 12.2. The van der Waals surface area contributed by atoms with E-state index in [1.165, 1.54) is 4.90 Å². The fourth-order valence-corrected chi connectivity index (χ4v) is 2.24. The summed E-state index contributed by atoms with van der Waals surface area (Å²) in [6, 6.07) is -0.330. The Morgan fingerprint density at radius 1 is 1.39 bits per heavy atom. The molecule has 0 aromatic rings. The highest BCUT2D eigenvalue weighted by Crippen LogP contribution is 2.24. The first-order valence-electron chi connectivity index (χ1n) is 6.38. The van der Waals surface area contributed by atoms with Crippen molar-refractivity contribution >= 4 is 5.91 Å². The number of alkyl halides is 3. The summed E-state index contributed by atoms with van der Waals surface area (Å²) in [5.41, 5.74) is 0. The zero-order chi connectivity index (χ0) is 13.9. The molecule has 1 rings (SSSR count). The van der Waals surface area contributed by atoms with E-state index in [-0.39, 0.29) is 24.7 Å². The number of rotatable bonds is 5. The summed E-state index contributed by atoms with van der Waals surface area (Å²) in [5.74, 6) is 0.145. The molecule has 0 saturated carbocycles. The second kappa shape index (κ2) is 5.91. The molecule has 1 N–H and O–H groups in total. The normalized spacial score (nSPS) is 25.3. The van der Waals surface area contributed by atoms with Crippen LogP contribution < -0.4 is 5.32 Å². The molecule has 0 bridgehead atoms. The molecule has 1 aliphatic heterocycles. The van der Waals surface area contributed by atoms with Gasteiger partial charge in [-0.1, -0.05) is 20.8 Å². The SMILES string of the molecule is CCC1NC(CC(C)C)C(=O)N1CCC(F)(F)F. The number of hydrogen-bond acceptors (Lipinski definition) is 2. The van der Waals surface area contributed by atoms with Gasteiger partial charge >= 0.3 is 6.18 Å². The van der Waals surface area contributed by atoms with E-state index in [9.17, 15) is 18.0 Å². The van der Waals surface area contributed by atoms with Crippen molar-refractivity contribution in [2.45, 2.75) is 58.4 Å². The first kappa shape index (κ1) is 15.3. The molecule has 1 aliphatic rings. The average Bonchev–Trinajstić information content (AvgIpc) is 2.51. The Balaban J connectivity index is 2.62. The molecule has 106 valence electrons. The Bertz CT molecular complexity index is 292. The number of nitrogens with one attached hydrogen (secondary N) is 1. The Hall–Kier alpha value is -0.780. The fraction of sp³-hybridized carbons (Fsp3) is 0.917. The zero-order valence-electron chi connectivity index (χ0n) is 11.0. The van der Waals surface area contributed by atoms with Gasteiger partial charge in [-0.15, -0.1) is 0 Å². The molecule has 1 heterocycles. The predicted octanol–water partition coefficient (Wildman–Crippen LogP) is 2.52. The maximum Gasteiger partial charge on any atom is 0.390 e. The van der Waals surface area contributed by atoms with Crippen molar-refractivity contribution in [3.05, 3.63) is 0 Å². The summed E-state index contributed by atoms with van der Waals surface area (Å²) in [4.78, 5) is 13.4. The van der Waals surface area contributed by atoms with Crippen LogP contribution in [0.5, 0.6) is 0 Å². The third-order valence-electron chi connectivity index (χ3n) is 3.08. The Kier molecular flexibility index (Phi) is 5.01. The molecule has 0 radical (unpaired) electrons. The van der Waals surface area contributed by atoms with E-state index in [4.69, 9.17) is 0 Å². The van der Waals surface area contributed by atoms with Crippen LogP contribution in [-0.4, -0.2) is 35.7 Å². The van der Waals surface area contributed by atoms with E-state index < -0.39 is 12.6 Å². The van der Waals surface area contributed by atoms with Crippen LogP contribution >= 0.6 is 0 Å². The molecule has 0 aromatic heterocycles. The van der Waals surface area contributed by atoms with Gasteiger partial charge in [0, 0.05) is 6.54 Å². The smallest absolute Gasteiger partial charge is 0.325 e. The van der Waals surface area contributed by atoms with Crippen molar-refractivity contribution in [2.75, 3.05) is 6.54 Å². The third kappa shape index (κ3) is 4.15. The Morgan fingerprint density at radius 3 is 2.44 bits per heavy atom. The second-order valence-electron chi connectivity index (χ2n) is 5.17. The zero-order valence-corrected chi connectivity index (χ0v) is 11.0. The minimum Gasteiger partial charge on any atom is -0.325 e. The van der Waals surface area contributed by atoms with Gasteiger partial charge in [0.2, 0.25) is 5.91 Å². The molecule has 1 fully saturated rings. The van der Waals surface area contributed by atoms with Crippen LogP contribution in [-0.2, 0) is 4.79 Å². The van der Waals surface area contributed by atoms with Gasteiger partial charge in [-0.2, -0.15) is 13.2 Å². The van der Waals surface area contributed by atoms with Crippen molar-refractivity contribution < 1.29 is 18.0 Å². The van der Waals surface area contributed by atoms with Crippen LogP contribution in [0.25, 0.3) is 0 Å². The van der Waals surface area contributed by atoms with Crippen LogP contribution in [0.4, 0.5) is 13.2 Å². The molecule has 3 nitrogen and oxygen atoms in total. The van der Waals surface area contributed by atoms with E-state index in [0.717, 1.165) is 0 Å². The standard InChI is InChI=1S/C12H21F3N2O/c1-4-10-16-9(7-8(2)3)11(18)17(10)6-5-12(13,14)15/h8-10,16H,4-7H2,1-3H3. The molecule has 1 amide bonds. The number of carbonyl (C=O) groups is 1. The average molecular weight is 266 g/mol. The fourth-order valence-electron chi connectivity index (χ4n) is 2.24. The summed E-state index contributed by atoms with van der Waals surface area (Å²) >= 11 is 0. The Morgan fingerprint density at radius 2 is 2.00 bits per heavy atom. The van der Waals surface area contributed by atoms with Crippen molar-refractivity contribution in [3.8, 4) is 0 Å². The molecule has 0 spiro atoms. The molecule has 1 saturated heterocycles. The van der Waals surface area contributed by atoms with Crippen LogP contribution in [0.3, 0.4) is 0 Å². The molecular formula is C12H21F3N2O. The monoisotopic (exact) mass is 266 g/mol. The van der Waals surface area contributed by atoms with Gasteiger partial charge in [0.1, 0.15) is 0 Å². The van der Waals surface area contributed by atoms with E-state index >= 15 is 0 Å². The molecule has 6 heteroatoms. The minimum absolute atomic E-state index is 0.195. The third-order valence-corrected chi connectivity index (χ3v) is 3.08. The number of amides is 1. The van der Waals surface area contributed by atoms with Crippen molar-refractivity contribution in [3.63, 3.8) is 0 Å². The van der Waals surface area contributed by atoms with Crippen molar-refractivity contribution in [1.29, 1.82) is 0 Å². The van der Waals surface area contributed by atoms with E-state index in [1.807, 2.05) is 20.8 Å². The van der Waals surface area contributed by atoms with Crippen LogP contribution in [0.1, 0.15) is 40.0 Å². The number of nitrogens with zero attached hydrogens (tertiary/aromatic N) is 1. The second-order valence-corrected chi connectivity index (χ2v) is 5.17. The van der Waals surface area contributed by atoms with Gasteiger partial charge in [0.25, 0.3) is 0 Å². The van der Waals surface area contributed by atoms with Crippen LogP contribution in [0.2, 0.25) is 0 Å². The minimum atomic E-state index is -4.21. The quantitative estimate of drug-likeness (QED) is 0.829. The van der Waals surface area contributed by atoms with Gasteiger partial charge in [-0.25, -0.2) is 0 Å². The predicted molar refractivity (Wildman–Crippen MR) is 62.8 cm³/mol. The summed E-state index contributed by atoms with van der Waals surface area (Å²) < 4.78 is 36.6. The molecule has 18 heavy (non-hydrogen) atoms. The highest BCUT2D eigenvalue weighted by atomic mass is 19.4. The highest BCUT2D eigenvalue weighted by Gasteiger charge is 2.39. The van der Waals surface area contributed by atoms with Crippen LogP contribution in [0.15, 0.2) is 0 Å². The summed E-state index contributed by atoms with van der Waals surface area (Å²) in [6.07, 6.45) is -4.13. The van der Waals surface area contributed by atoms with Crippen molar-refractivity contribution in [2.24, 2.45) is 5.92 Å². The largest absolute Gasteiger partial charge is 0.390 e. The maximum absolute atomic E-state index is 12.2. The van der Waals surface area contributed by atoms with E-state index in [0.29, 0.717) is 18.8 Å². The lowest BCUT2D eigenvalue weighted by molar-refractivity contribution is -0.145.